The molecule has 2 unspecified atom stereocenters. The maximum absolute atomic E-state index is 12.0. The summed E-state index contributed by atoms with van der Waals surface area (Å²) in [6.07, 6.45) is 0.163. The quantitative estimate of drug-likeness (QED) is 0.765. The molecule has 0 bridgehead atoms. The van der Waals surface area contributed by atoms with Crippen LogP contribution in [0.1, 0.15) is 30.5 Å². The van der Waals surface area contributed by atoms with Gasteiger partial charge >= 0.3 is 6.03 Å². The molecule has 3 N–H and O–H groups in total. The van der Waals surface area contributed by atoms with Crippen LogP contribution in [0.2, 0.25) is 0 Å². The lowest BCUT2D eigenvalue weighted by atomic mass is 9.93. The van der Waals surface area contributed by atoms with Gasteiger partial charge in [0.2, 0.25) is 0 Å². The van der Waals surface area contributed by atoms with E-state index in [-0.39, 0.29) is 11.9 Å². The molecule has 124 valence electrons. The molecule has 2 atom stereocenters. The SMILES string of the molecule is Cc1cc(NC(=O)NCC(CC(C)O)c2ccccc2)nn1C. The van der Waals surface area contributed by atoms with E-state index in [2.05, 4.69) is 15.7 Å². The number of urea groups is 1. The molecule has 1 aromatic carbocycles. The van der Waals surface area contributed by atoms with Crippen LogP contribution in [0, 0.1) is 6.92 Å². The second-order valence-electron chi connectivity index (χ2n) is 5.82. The summed E-state index contributed by atoms with van der Waals surface area (Å²) in [7, 11) is 1.83. The summed E-state index contributed by atoms with van der Waals surface area (Å²) in [5.74, 6) is 0.585. The molecular weight excluding hydrogens is 292 g/mol. The van der Waals surface area contributed by atoms with Gasteiger partial charge in [-0.05, 0) is 25.8 Å². The van der Waals surface area contributed by atoms with Gasteiger partial charge in [0, 0.05) is 31.3 Å². The average molecular weight is 316 g/mol. The zero-order valence-electron chi connectivity index (χ0n) is 13.8. The number of aryl methyl sites for hydroxylation is 2. The zero-order valence-corrected chi connectivity index (χ0v) is 13.8. The third-order valence-corrected chi connectivity index (χ3v) is 3.76. The molecule has 0 saturated carbocycles. The van der Waals surface area contributed by atoms with E-state index in [1.165, 1.54) is 0 Å². The van der Waals surface area contributed by atoms with Crippen molar-refractivity contribution < 1.29 is 9.90 Å². The molecule has 0 spiro atoms. The summed E-state index contributed by atoms with van der Waals surface area (Å²) >= 11 is 0. The Morgan fingerprint density at radius 3 is 2.61 bits per heavy atom. The smallest absolute Gasteiger partial charge is 0.320 e. The molecule has 0 aliphatic carbocycles. The lowest BCUT2D eigenvalue weighted by molar-refractivity contribution is 0.173. The van der Waals surface area contributed by atoms with E-state index in [0.29, 0.717) is 18.8 Å². The molecule has 2 rings (SSSR count). The van der Waals surface area contributed by atoms with Crippen LogP contribution in [-0.4, -0.2) is 33.6 Å². The highest BCUT2D eigenvalue weighted by Crippen LogP contribution is 2.20. The van der Waals surface area contributed by atoms with Gasteiger partial charge in [-0.3, -0.25) is 10.00 Å². The number of carbonyl (C=O) groups is 1. The van der Waals surface area contributed by atoms with Gasteiger partial charge in [0.05, 0.1) is 6.10 Å². The predicted octanol–water partition coefficient (Wildman–Crippen LogP) is 2.40. The number of hydrogen-bond acceptors (Lipinski definition) is 3. The minimum absolute atomic E-state index is 0.0624. The van der Waals surface area contributed by atoms with Crippen molar-refractivity contribution in [3.63, 3.8) is 0 Å². The lowest BCUT2D eigenvalue weighted by Gasteiger charge is -2.19. The van der Waals surface area contributed by atoms with E-state index in [1.807, 2.05) is 50.4 Å². The maximum Gasteiger partial charge on any atom is 0.320 e. The Balaban J connectivity index is 1.93. The van der Waals surface area contributed by atoms with Crippen molar-refractivity contribution in [2.24, 2.45) is 7.05 Å². The third kappa shape index (κ3) is 5.10. The van der Waals surface area contributed by atoms with Crippen molar-refractivity contribution in [1.29, 1.82) is 0 Å². The van der Waals surface area contributed by atoms with Gasteiger partial charge in [-0.2, -0.15) is 5.10 Å². The predicted molar refractivity (Wildman–Crippen MR) is 90.4 cm³/mol. The molecule has 23 heavy (non-hydrogen) atoms. The van der Waals surface area contributed by atoms with Gasteiger partial charge < -0.3 is 10.4 Å². The monoisotopic (exact) mass is 316 g/mol. The average Bonchev–Trinajstić information content (AvgIpc) is 2.82. The molecule has 0 saturated heterocycles. The highest BCUT2D eigenvalue weighted by Gasteiger charge is 2.15. The summed E-state index contributed by atoms with van der Waals surface area (Å²) in [6.45, 7) is 4.13. The molecule has 2 aromatic rings. The van der Waals surface area contributed by atoms with Crippen LogP contribution in [0.25, 0.3) is 0 Å². The summed E-state index contributed by atoms with van der Waals surface area (Å²) < 4.78 is 1.70. The molecule has 0 radical (unpaired) electrons. The third-order valence-electron chi connectivity index (χ3n) is 3.76. The van der Waals surface area contributed by atoms with Crippen LogP contribution in [0.4, 0.5) is 10.6 Å². The van der Waals surface area contributed by atoms with Crippen molar-refractivity contribution in [3.05, 3.63) is 47.7 Å². The largest absolute Gasteiger partial charge is 0.393 e. The Bertz CT molecular complexity index is 618. The van der Waals surface area contributed by atoms with Gasteiger partial charge in [0.1, 0.15) is 0 Å². The van der Waals surface area contributed by atoms with Crippen LogP contribution < -0.4 is 10.6 Å². The van der Waals surface area contributed by atoms with Crippen molar-refractivity contribution in [3.8, 4) is 0 Å². The first-order valence-corrected chi connectivity index (χ1v) is 7.74. The van der Waals surface area contributed by atoms with Crippen LogP contribution in [0.5, 0.6) is 0 Å². The maximum atomic E-state index is 12.0. The number of rotatable bonds is 6. The second-order valence-corrected chi connectivity index (χ2v) is 5.82. The number of aromatic nitrogens is 2. The van der Waals surface area contributed by atoms with E-state index in [9.17, 15) is 9.90 Å². The van der Waals surface area contributed by atoms with Crippen molar-refractivity contribution in [2.45, 2.75) is 32.3 Å². The number of nitrogens with one attached hydrogen (secondary N) is 2. The molecule has 2 amide bonds. The molecule has 6 nitrogen and oxygen atoms in total. The molecular formula is C17H24N4O2. The Morgan fingerprint density at radius 1 is 1.35 bits per heavy atom. The van der Waals surface area contributed by atoms with Crippen molar-refractivity contribution in [1.82, 2.24) is 15.1 Å². The lowest BCUT2D eigenvalue weighted by Crippen LogP contribution is -2.33. The minimum atomic E-state index is -0.427. The Kier molecular flexibility index (Phi) is 5.76. The zero-order chi connectivity index (χ0) is 16.8. The highest BCUT2D eigenvalue weighted by molar-refractivity contribution is 5.88. The first-order valence-electron chi connectivity index (χ1n) is 7.74. The van der Waals surface area contributed by atoms with Crippen LogP contribution in [-0.2, 0) is 7.05 Å². The summed E-state index contributed by atoms with van der Waals surface area (Å²) in [4.78, 5) is 12.0. The van der Waals surface area contributed by atoms with E-state index >= 15 is 0 Å². The van der Waals surface area contributed by atoms with Gasteiger partial charge in [-0.25, -0.2) is 4.79 Å². The van der Waals surface area contributed by atoms with Crippen molar-refractivity contribution in [2.75, 3.05) is 11.9 Å². The minimum Gasteiger partial charge on any atom is -0.393 e. The van der Waals surface area contributed by atoms with E-state index in [1.54, 1.807) is 11.6 Å². The van der Waals surface area contributed by atoms with Crippen LogP contribution in [0.3, 0.4) is 0 Å². The Labute approximate surface area is 136 Å². The molecule has 6 heteroatoms. The van der Waals surface area contributed by atoms with Gasteiger partial charge in [-0.15, -0.1) is 0 Å². The summed E-state index contributed by atoms with van der Waals surface area (Å²) in [5, 5.41) is 19.4. The fourth-order valence-corrected chi connectivity index (χ4v) is 2.47. The number of benzene rings is 1. The first kappa shape index (κ1) is 17.0. The van der Waals surface area contributed by atoms with Gasteiger partial charge in [-0.1, -0.05) is 30.3 Å². The number of nitrogens with zero attached hydrogens (tertiary/aromatic N) is 2. The first-order chi connectivity index (χ1) is 11.0. The van der Waals surface area contributed by atoms with Gasteiger partial charge in [0.25, 0.3) is 0 Å². The van der Waals surface area contributed by atoms with E-state index in [4.69, 9.17) is 0 Å². The summed E-state index contributed by atoms with van der Waals surface area (Å²) in [6, 6.07) is 11.4. The number of aliphatic hydroxyl groups is 1. The molecule has 0 aliphatic rings. The topological polar surface area (TPSA) is 79.2 Å². The molecule has 1 aromatic heterocycles. The van der Waals surface area contributed by atoms with Crippen molar-refractivity contribution >= 4 is 11.8 Å². The van der Waals surface area contributed by atoms with Crippen LogP contribution in [0.15, 0.2) is 36.4 Å². The normalized spacial score (nSPS) is 13.4. The van der Waals surface area contributed by atoms with Gasteiger partial charge in [0.15, 0.2) is 5.82 Å². The number of amides is 2. The highest BCUT2D eigenvalue weighted by atomic mass is 16.3. The van der Waals surface area contributed by atoms with E-state index in [0.717, 1.165) is 11.3 Å². The fraction of sp³-hybridized carbons (Fsp3) is 0.412. The number of carbonyl (C=O) groups excluding carboxylic acids is 1. The number of anilines is 1. The number of aliphatic hydroxyl groups excluding tert-OH is 1. The van der Waals surface area contributed by atoms with Crippen LogP contribution >= 0.6 is 0 Å². The molecule has 0 fully saturated rings. The standard InChI is InChI=1S/C17H24N4O2/c1-12-9-16(20-21(12)3)19-17(23)18-11-15(10-13(2)22)14-7-5-4-6-8-14/h4-9,13,15,22H,10-11H2,1-3H3,(H2,18,19,20,23). The summed E-state index contributed by atoms with van der Waals surface area (Å²) in [5.41, 5.74) is 2.07. The second kappa shape index (κ2) is 7.78. The molecule has 1 heterocycles. The fourth-order valence-electron chi connectivity index (χ4n) is 2.47. The Morgan fingerprint density at radius 2 is 2.04 bits per heavy atom. The molecule has 0 aliphatic heterocycles. The van der Waals surface area contributed by atoms with E-state index < -0.39 is 6.10 Å². The number of hydrogen-bond donors (Lipinski definition) is 3. The Hall–Kier alpha value is -2.34.